The van der Waals surface area contributed by atoms with Gasteiger partial charge >= 0.3 is 6.18 Å². The number of aromatic amines is 1. The van der Waals surface area contributed by atoms with E-state index < -0.39 is 11.9 Å². The van der Waals surface area contributed by atoms with E-state index in [1.54, 1.807) is 12.1 Å². The van der Waals surface area contributed by atoms with Crippen LogP contribution in [0.2, 0.25) is 0 Å². The minimum Gasteiger partial charge on any atom is -0.461 e. The lowest BCUT2D eigenvalue weighted by Gasteiger charge is -2.07. The summed E-state index contributed by atoms with van der Waals surface area (Å²) in [5.41, 5.74) is -1.01. The maximum absolute atomic E-state index is 12.5. The van der Waals surface area contributed by atoms with Crippen LogP contribution in [0.15, 0.2) is 35.1 Å². The Kier molecular flexibility index (Phi) is 3.49. The monoisotopic (exact) mass is 310 g/mol. The van der Waals surface area contributed by atoms with Crippen LogP contribution in [0.3, 0.4) is 0 Å². The van der Waals surface area contributed by atoms with Gasteiger partial charge in [0.25, 0.3) is 0 Å². The first-order chi connectivity index (χ1) is 10.5. The molecule has 7 nitrogen and oxygen atoms in total. The van der Waals surface area contributed by atoms with Crippen molar-refractivity contribution in [3.05, 3.63) is 42.2 Å². The third kappa shape index (κ3) is 3.05. The molecule has 22 heavy (non-hydrogen) atoms. The van der Waals surface area contributed by atoms with E-state index in [0.717, 1.165) is 12.3 Å². The number of nitrogens with zero attached hydrogens (tertiary/aromatic N) is 4. The summed E-state index contributed by atoms with van der Waals surface area (Å²) in [5, 5.41) is 9.23. The molecule has 0 aliphatic heterocycles. The molecule has 0 fully saturated rings. The molecule has 3 heterocycles. The van der Waals surface area contributed by atoms with Crippen LogP contribution < -0.4 is 5.32 Å². The molecule has 0 unspecified atom stereocenters. The van der Waals surface area contributed by atoms with Crippen molar-refractivity contribution in [2.75, 3.05) is 5.32 Å². The second kappa shape index (κ2) is 5.47. The standard InChI is InChI=1S/C12H9F3N6O/c13-12(14,15)8-3-4-16-11(18-8)17-6-9-19-10(21-20-9)7-2-1-5-22-7/h1-5H,6H2,(H,16,17,18)(H,19,20,21). The van der Waals surface area contributed by atoms with Gasteiger partial charge in [0, 0.05) is 6.20 Å². The van der Waals surface area contributed by atoms with Gasteiger partial charge in [-0.1, -0.05) is 0 Å². The molecule has 3 rings (SSSR count). The fourth-order valence-electron chi connectivity index (χ4n) is 1.65. The van der Waals surface area contributed by atoms with Crippen LogP contribution in [0.25, 0.3) is 11.6 Å². The summed E-state index contributed by atoms with van der Waals surface area (Å²) in [6, 6.07) is 4.19. The van der Waals surface area contributed by atoms with Crippen molar-refractivity contribution in [2.45, 2.75) is 12.7 Å². The van der Waals surface area contributed by atoms with E-state index in [2.05, 4.69) is 30.5 Å². The fraction of sp³-hybridized carbons (Fsp3) is 0.167. The number of halogens is 3. The van der Waals surface area contributed by atoms with Gasteiger partial charge in [-0.25, -0.2) is 15.0 Å². The minimum absolute atomic E-state index is 0.0923. The van der Waals surface area contributed by atoms with Crippen LogP contribution in [0.1, 0.15) is 11.5 Å². The Labute approximate surface area is 121 Å². The highest BCUT2D eigenvalue weighted by Gasteiger charge is 2.32. The van der Waals surface area contributed by atoms with Gasteiger partial charge in [0.1, 0.15) is 11.5 Å². The maximum atomic E-state index is 12.5. The summed E-state index contributed by atoms with van der Waals surface area (Å²) in [6.07, 6.45) is -2.00. The molecule has 0 bridgehead atoms. The third-order valence-electron chi connectivity index (χ3n) is 2.63. The molecule has 3 aromatic heterocycles. The number of alkyl halides is 3. The summed E-state index contributed by atoms with van der Waals surface area (Å²) in [5.74, 6) is 1.10. The van der Waals surface area contributed by atoms with Crippen molar-refractivity contribution >= 4 is 5.95 Å². The third-order valence-corrected chi connectivity index (χ3v) is 2.63. The quantitative estimate of drug-likeness (QED) is 0.769. The number of furan rings is 1. The summed E-state index contributed by atoms with van der Waals surface area (Å²) in [6.45, 7) is 0.0923. The topological polar surface area (TPSA) is 92.5 Å². The number of aromatic nitrogens is 5. The van der Waals surface area contributed by atoms with E-state index in [1.165, 1.54) is 6.26 Å². The van der Waals surface area contributed by atoms with Gasteiger partial charge in [0.15, 0.2) is 5.76 Å². The van der Waals surface area contributed by atoms with Gasteiger partial charge in [-0.2, -0.15) is 13.2 Å². The van der Waals surface area contributed by atoms with Crippen molar-refractivity contribution in [3.8, 4) is 11.6 Å². The lowest BCUT2D eigenvalue weighted by Crippen LogP contribution is -2.11. The van der Waals surface area contributed by atoms with Crippen LogP contribution in [-0.2, 0) is 12.7 Å². The smallest absolute Gasteiger partial charge is 0.433 e. The first-order valence-electron chi connectivity index (χ1n) is 6.11. The van der Waals surface area contributed by atoms with Gasteiger partial charge in [-0.05, 0) is 18.2 Å². The maximum Gasteiger partial charge on any atom is 0.433 e. The van der Waals surface area contributed by atoms with Gasteiger partial charge in [-0.3, -0.25) is 5.10 Å². The predicted molar refractivity (Wildman–Crippen MR) is 68.4 cm³/mol. The molecule has 0 atom stereocenters. The Morgan fingerprint density at radius 1 is 1.23 bits per heavy atom. The summed E-state index contributed by atoms with van der Waals surface area (Å²) in [4.78, 5) is 11.2. The van der Waals surface area contributed by atoms with Crippen LogP contribution >= 0.6 is 0 Å². The van der Waals surface area contributed by atoms with E-state index in [9.17, 15) is 13.2 Å². The number of nitrogens with one attached hydrogen (secondary N) is 2. The van der Waals surface area contributed by atoms with E-state index in [0.29, 0.717) is 17.4 Å². The molecular weight excluding hydrogens is 301 g/mol. The molecule has 3 aromatic rings. The highest BCUT2D eigenvalue weighted by atomic mass is 19.4. The molecule has 0 amide bonds. The van der Waals surface area contributed by atoms with Crippen LogP contribution in [0.5, 0.6) is 0 Å². The van der Waals surface area contributed by atoms with Crippen LogP contribution in [0.4, 0.5) is 19.1 Å². The molecule has 2 N–H and O–H groups in total. The molecule has 0 spiro atoms. The zero-order valence-corrected chi connectivity index (χ0v) is 10.9. The zero-order chi connectivity index (χ0) is 15.6. The van der Waals surface area contributed by atoms with E-state index in [4.69, 9.17) is 4.42 Å². The second-order valence-corrected chi connectivity index (χ2v) is 4.20. The summed E-state index contributed by atoms with van der Waals surface area (Å²) < 4.78 is 42.7. The largest absolute Gasteiger partial charge is 0.461 e. The normalized spacial score (nSPS) is 11.6. The van der Waals surface area contributed by atoms with Crippen molar-refractivity contribution in [3.63, 3.8) is 0 Å². The highest BCUT2D eigenvalue weighted by molar-refractivity contribution is 5.45. The fourth-order valence-corrected chi connectivity index (χ4v) is 1.65. The number of hydrogen-bond acceptors (Lipinski definition) is 6. The van der Waals surface area contributed by atoms with Gasteiger partial charge in [0.2, 0.25) is 11.8 Å². The Morgan fingerprint density at radius 3 is 2.82 bits per heavy atom. The molecule has 0 radical (unpaired) electrons. The molecule has 0 saturated carbocycles. The number of hydrogen-bond donors (Lipinski definition) is 2. The molecule has 0 saturated heterocycles. The lowest BCUT2D eigenvalue weighted by atomic mass is 10.4. The van der Waals surface area contributed by atoms with Crippen LogP contribution in [-0.4, -0.2) is 25.1 Å². The van der Waals surface area contributed by atoms with Crippen molar-refractivity contribution in [2.24, 2.45) is 0 Å². The van der Waals surface area contributed by atoms with Gasteiger partial charge in [-0.15, -0.1) is 5.10 Å². The summed E-state index contributed by atoms with van der Waals surface area (Å²) >= 11 is 0. The Balaban J connectivity index is 1.68. The van der Waals surface area contributed by atoms with Crippen molar-refractivity contribution in [1.82, 2.24) is 25.1 Å². The predicted octanol–water partition coefficient (Wildman–Crippen LogP) is 2.49. The minimum atomic E-state index is -4.52. The van der Waals surface area contributed by atoms with Crippen LogP contribution in [0, 0.1) is 0 Å². The zero-order valence-electron chi connectivity index (χ0n) is 10.9. The van der Waals surface area contributed by atoms with Crippen molar-refractivity contribution in [1.29, 1.82) is 0 Å². The number of H-pyrrole nitrogens is 1. The summed E-state index contributed by atoms with van der Waals surface area (Å²) in [7, 11) is 0. The molecule has 10 heteroatoms. The molecule has 0 aliphatic carbocycles. The molecule has 0 aromatic carbocycles. The lowest BCUT2D eigenvalue weighted by molar-refractivity contribution is -0.141. The molecule has 114 valence electrons. The van der Waals surface area contributed by atoms with E-state index in [-0.39, 0.29) is 12.5 Å². The highest BCUT2D eigenvalue weighted by Crippen LogP contribution is 2.27. The van der Waals surface area contributed by atoms with E-state index in [1.807, 2.05) is 0 Å². The average molecular weight is 310 g/mol. The van der Waals surface area contributed by atoms with Gasteiger partial charge in [0.05, 0.1) is 12.8 Å². The molecular formula is C12H9F3N6O. The Bertz CT molecular complexity index is 752. The first kappa shape index (κ1) is 14.0. The van der Waals surface area contributed by atoms with E-state index >= 15 is 0 Å². The first-order valence-corrected chi connectivity index (χ1v) is 6.11. The Morgan fingerprint density at radius 2 is 2.09 bits per heavy atom. The average Bonchev–Trinajstić information content (AvgIpc) is 3.15. The molecule has 0 aliphatic rings. The SMILES string of the molecule is FC(F)(F)c1ccnc(NCc2nc(-c3ccco3)n[nH]2)n1. The number of anilines is 1. The Hall–Kier alpha value is -2.91. The van der Waals surface area contributed by atoms with Gasteiger partial charge < -0.3 is 9.73 Å². The number of rotatable bonds is 4. The second-order valence-electron chi connectivity index (χ2n) is 4.20. The van der Waals surface area contributed by atoms with Crippen molar-refractivity contribution < 1.29 is 17.6 Å².